The lowest BCUT2D eigenvalue weighted by Crippen LogP contribution is -2.25. The van der Waals surface area contributed by atoms with Crippen LogP contribution < -0.4 is 4.74 Å². The van der Waals surface area contributed by atoms with E-state index in [2.05, 4.69) is 15.3 Å². The van der Waals surface area contributed by atoms with Crippen molar-refractivity contribution in [2.45, 2.75) is 32.3 Å². The fourth-order valence-electron chi connectivity index (χ4n) is 1.74. The Morgan fingerprint density at radius 3 is 2.94 bits per heavy atom. The van der Waals surface area contributed by atoms with Crippen LogP contribution in [-0.4, -0.2) is 26.1 Å². The Balaban J connectivity index is 1.82. The Morgan fingerprint density at radius 2 is 2.29 bits per heavy atom. The number of rotatable bonds is 3. The smallest absolute Gasteiger partial charge is 0.235 e. The minimum absolute atomic E-state index is 0.318. The molecule has 0 spiro atoms. The molecule has 1 saturated carbocycles. The number of aryl methyl sites for hydroxylation is 1. The van der Waals surface area contributed by atoms with Crippen molar-refractivity contribution in [3.63, 3.8) is 0 Å². The van der Waals surface area contributed by atoms with Gasteiger partial charge in [-0.15, -0.1) is 5.10 Å². The highest BCUT2D eigenvalue weighted by molar-refractivity contribution is 5.31. The van der Waals surface area contributed by atoms with Crippen LogP contribution in [0, 0.1) is 6.92 Å². The zero-order valence-electron chi connectivity index (χ0n) is 9.71. The van der Waals surface area contributed by atoms with E-state index >= 15 is 0 Å². The molecule has 0 saturated heterocycles. The number of hydrogen-bond acceptors (Lipinski definition) is 4. The van der Waals surface area contributed by atoms with E-state index in [0.717, 1.165) is 24.2 Å². The summed E-state index contributed by atoms with van der Waals surface area (Å²) in [6.07, 6.45) is 7.38. The van der Waals surface area contributed by atoms with Crippen LogP contribution >= 0.6 is 0 Å². The summed E-state index contributed by atoms with van der Waals surface area (Å²) in [7, 11) is 0. The first kappa shape index (κ1) is 10.3. The average molecular weight is 230 g/mol. The summed E-state index contributed by atoms with van der Waals surface area (Å²) >= 11 is 0. The van der Waals surface area contributed by atoms with Gasteiger partial charge in [-0.3, -0.25) is 0 Å². The molecule has 5 nitrogen and oxygen atoms in total. The van der Waals surface area contributed by atoms with Crippen molar-refractivity contribution in [2.75, 3.05) is 0 Å². The van der Waals surface area contributed by atoms with Gasteiger partial charge in [-0.05, 0) is 32.3 Å². The second kappa shape index (κ2) is 4.16. The lowest BCUT2D eigenvalue weighted by atomic mass is 9.96. The summed E-state index contributed by atoms with van der Waals surface area (Å²) in [4.78, 5) is 0. The molecule has 0 aromatic carbocycles. The summed E-state index contributed by atoms with van der Waals surface area (Å²) in [6, 6.07) is 3.82. The molecule has 1 aliphatic carbocycles. The minimum atomic E-state index is 0.318. The van der Waals surface area contributed by atoms with Crippen LogP contribution in [0.4, 0.5) is 0 Å². The van der Waals surface area contributed by atoms with Gasteiger partial charge in [0.05, 0.1) is 17.6 Å². The Kier molecular flexibility index (Phi) is 2.51. The van der Waals surface area contributed by atoms with Crippen molar-refractivity contribution >= 4 is 0 Å². The summed E-state index contributed by atoms with van der Waals surface area (Å²) < 4.78 is 7.48. The van der Waals surface area contributed by atoms with Gasteiger partial charge < -0.3 is 4.74 Å². The molecule has 2 aromatic rings. The van der Waals surface area contributed by atoms with Crippen molar-refractivity contribution in [2.24, 2.45) is 0 Å². The molecule has 0 unspecified atom stereocenters. The van der Waals surface area contributed by atoms with Gasteiger partial charge in [0.1, 0.15) is 6.10 Å². The molecule has 2 heterocycles. The third-order valence-corrected chi connectivity index (χ3v) is 2.94. The molecule has 5 heteroatoms. The highest BCUT2D eigenvalue weighted by Crippen LogP contribution is 2.24. The van der Waals surface area contributed by atoms with Crippen LogP contribution in [0.2, 0.25) is 0 Å². The van der Waals surface area contributed by atoms with E-state index in [9.17, 15) is 0 Å². The fourth-order valence-corrected chi connectivity index (χ4v) is 1.74. The van der Waals surface area contributed by atoms with Crippen molar-refractivity contribution in [1.82, 2.24) is 20.0 Å². The Hall–Kier alpha value is -1.91. The Morgan fingerprint density at radius 1 is 1.41 bits per heavy atom. The maximum absolute atomic E-state index is 5.70. The molecule has 0 amide bonds. The molecular weight excluding hydrogens is 216 g/mol. The maximum Gasteiger partial charge on any atom is 0.235 e. The molecule has 2 aromatic heterocycles. The van der Waals surface area contributed by atoms with Crippen LogP contribution in [0.1, 0.15) is 25.0 Å². The quantitative estimate of drug-likeness (QED) is 0.808. The van der Waals surface area contributed by atoms with Crippen LogP contribution in [0.5, 0.6) is 5.88 Å². The molecule has 3 rings (SSSR count). The van der Waals surface area contributed by atoms with Gasteiger partial charge in [0, 0.05) is 12.3 Å². The molecule has 17 heavy (non-hydrogen) atoms. The van der Waals surface area contributed by atoms with Gasteiger partial charge in [0.2, 0.25) is 5.88 Å². The minimum Gasteiger partial charge on any atom is -0.473 e. The van der Waals surface area contributed by atoms with Crippen molar-refractivity contribution in [3.8, 4) is 11.6 Å². The van der Waals surface area contributed by atoms with Crippen LogP contribution in [0.15, 0.2) is 24.5 Å². The topological polar surface area (TPSA) is 52.8 Å². The molecule has 0 atom stereocenters. The summed E-state index contributed by atoms with van der Waals surface area (Å²) in [6.45, 7) is 1.96. The van der Waals surface area contributed by atoms with Gasteiger partial charge >= 0.3 is 0 Å². The van der Waals surface area contributed by atoms with Crippen molar-refractivity contribution < 1.29 is 4.74 Å². The second-order valence-corrected chi connectivity index (χ2v) is 4.32. The van der Waals surface area contributed by atoms with Crippen molar-refractivity contribution in [1.29, 1.82) is 0 Å². The lowest BCUT2D eigenvalue weighted by Gasteiger charge is -2.25. The molecule has 88 valence electrons. The lowest BCUT2D eigenvalue weighted by molar-refractivity contribution is 0.113. The molecular formula is C12H14N4O. The highest BCUT2D eigenvalue weighted by Gasteiger charge is 2.19. The van der Waals surface area contributed by atoms with E-state index in [1.54, 1.807) is 10.9 Å². The average Bonchev–Trinajstić information content (AvgIpc) is 2.71. The van der Waals surface area contributed by atoms with E-state index < -0.39 is 0 Å². The molecule has 0 radical (unpaired) electrons. The zero-order valence-corrected chi connectivity index (χ0v) is 9.71. The normalized spacial score (nSPS) is 15.6. The highest BCUT2D eigenvalue weighted by atomic mass is 16.5. The van der Waals surface area contributed by atoms with E-state index in [1.807, 2.05) is 25.3 Å². The zero-order chi connectivity index (χ0) is 11.7. The third-order valence-electron chi connectivity index (χ3n) is 2.94. The van der Waals surface area contributed by atoms with E-state index in [1.165, 1.54) is 6.42 Å². The van der Waals surface area contributed by atoms with Gasteiger partial charge in [-0.2, -0.15) is 10.2 Å². The number of hydrogen-bond donors (Lipinski definition) is 0. The van der Waals surface area contributed by atoms with Crippen LogP contribution in [0.3, 0.4) is 0 Å². The summed E-state index contributed by atoms with van der Waals surface area (Å²) in [5, 5.41) is 12.3. The van der Waals surface area contributed by atoms with E-state index in [4.69, 9.17) is 4.74 Å². The first-order valence-corrected chi connectivity index (χ1v) is 5.83. The van der Waals surface area contributed by atoms with Gasteiger partial charge in [-0.1, -0.05) is 0 Å². The van der Waals surface area contributed by atoms with Gasteiger partial charge in [0.15, 0.2) is 0 Å². The Labute approximate surface area is 99.4 Å². The molecule has 0 N–H and O–H groups in total. The SMILES string of the molecule is Cc1ccn(-c2cnnc(OC3CCC3)c2)n1. The number of ether oxygens (including phenoxy) is 1. The first-order valence-electron chi connectivity index (χ1n) is 5.83. The monoisotopic (exact) mass is 230 g/mol. The third kappa shape index (κ3) is 2.13. The standard InChI is InChI=1S/C12H14N4O/c1-9-5-6-16(15-9)10-7-12(14-13-8-10)17-11-3-2-4-11/h5-8,11H,2-4H2,1H3. The molecule has 1 aliphatic rings. The molecule has 0 bridgehead atoms. The first-order chi connectivity index (χ1) is 8.31. The predicted octanol–water partition coefficient (Wildman–Crippen LogP) is 1.90. The summed E-state index contributed by atoms with van der Waals surface area (Å²) in [5.74, 6) is 0.584. The second-order valence-electron chi connectivity index (χ2n) is 4.32. The van der Waals surface area contributed by atoms with E-state index in [-0.39, 0.29) is 0 Å². The number of nitrogens with zero attached hydrogens (tertiary/aromatic N) is 4. The maximum atomic E-state index is 5.70. The van der Waals surface area contributed by atoms with Gasteiger partial charge in [-0.25, -0.2) is 4.68 Å². The summed E-state index contributed by atoms with van der Waals surface area (Å²) in [5.41, 5.74) is 1.85. The van der Waals surface area contributed by atoms with Gasteiger partial charge in [0.25, 0.3) is 0 Å². The fraction of sp³-hybridized carbons (Fsp3) is 0.417. The number of aromatic nitrogens is 4. The molecule has 1 fully saturated rings. The Bertz CT molecular complexity index is 519. The van der Waals surface area contributed by atoms with Crippen LogP contribution in [-0.2, 0) is 0 Å². The van der Waals surface area contributed by atoms with E-state index in [0.29, 0.717) is 12.0 Å². The largest absolute Gasteiger partial charge is 0.473 e. The predicted molar refractivity (Wildman–Crippen MR) is 62.2 cm³/mol. The molecule has 0 aliphatic heterocycles. The van der Waals surface area contributed by atoms with Crippen molar-refractivity contribution in [3.05, 3.63) is 30.2 Å². The van der Waals surface area contributed by atoms with Crippen LogP contribution in [0.25, 0.3) is 5.69 Å².